The number of amides is 1. The number of anilines is 1. The van der Waals surface area contributed by atoms with Gasteiger partial charge in [-0.2, -0.15) is 0 Å². The Bertz CT molecular complexity index is 676. The molecule has 0 atom stereocenters. The molecule has 2 rings (SSSR count). The van der Waals surface area contributed by atoms with E-state index in [1.54, 1.807) is 24.3 Å². The minimum Gasteiger partial charge on any atom is -0.483 e. The number of nitrogens with one attached hydrogen (secondary N) is 1. The smallest absolute Gasteiger partial charge is 0.262 e. The van der Waals surface area contributed by atoms with E-state index < -0.39 is 11.7 Å². The molecule has 1 amide bonds. The first-order chi connectivity index (χ1) is 10.1. The van der Waals surface area contributed by atoms with Crippen molar-refractivity contribution in [3.63, 3.8) is 0 Å². The zero-order valence-corrected chi connectivity index (χ0v) is 11.6. The maximum absolute atomic E-state index is 13.0. The van der Waals surface area contributed by atoms with Gasteiger partial charge in [-0.15, -0.1) is 0 Å². The molecule has 0 aromatic heterocycles. The molecule has 0 saturated heterocycles. The first-order valence-corrected chi connectivity index (χ1v) is 6.40. The van der Waals surface area contributed by atoms with Gasteiger partial charge in [0, 0.05) is 0 Å². The molecule has 21 heavy (non-hydrogen) atoms. The average molecular weight is 308 g/mol. The third-order valence-electron chi connectivity index (χ3n) is 2.61. The number of hydrogen-bond acceptors (Lipinski definition) is 3. The molecule has 4 nitrogen and oxygen atoms in total. The van der Waals surface area contributed by atoms with E-state index >= 15 is 0 Å². The number of carbonyl (C=O) groups is 2. The molecule has 0 aliphatic rings. The number of hydrogen-bond donors (Lipinski definition) is 1. The maximum Gasteiger partial charge on any atom is 0.262 e. The lowest BCUT2D eigenvalue weighted by molar-refractivity contribution is -0.118. The lowest BCUT2D eigenvalue weighted by Gasteiger charge is -2.10. The second-order valence-electron chi connectivity index (χ2n) is 4.12. The van der Waals surface area contributed by atoms with Gasteiger partial charge in [-0.3, -0.25) is 9.59 Å². The SMILES string of the molecule is O=Cc1cc(F)ccc1OCC(=O)Nc1ccccc1Cl. The van der Waals surface area contributed by atoms with Crippen LogP contribution in [-0.4, -0.2) is 18.8 Å². The van der Waals surface area contributed by atoms with Crippen LogP contribution >= 0.6 is 11.6 Å². The van der Waals surface area contributed by atoms with Gasteiger partial charge in [0.1, 0.15) is 11.6 Å². The van der Waals surface area contributed by atoms with E-state index in [1.807, 2.05) is 0 Å². The molecular formula is C15H11ClFNO3. The second-order valence-corrected chi connectivity index (χ2v) is 4.52. The Balaban J connectivity index is 1.99. The van der Waals surface area contributed by atoms with Crippen LogP contribution in [0.3, 0.4) is 0 Å². The third-order valence-corrected chi connectivity index (χ3v) is 2.94. The molecule has 0 aliphatic carbocycles. The fourth-order valence-corrected chi connectivity index (χ4v) is 1.82. The van der Waals surface area contributed by atoms with Gasteiger partial charge in [0.15, 0.2) is 12.9 Å². The van der Waals surface area contributed by atoms with Gasteiger partial charge in [-0.25, -0.2) is 4.39 Å². The molecule has 0 unspecified atom stereocenters. The summed E-state index contributed by atoms with van der Waals surface area (Å²) in [5.41, 5.74) is 0.503. The van der Waals surface area contributed by atoms with Gasteiger partial charge in [0.05, 0.1) is 16.3 Å². The van der Waals surface area contributed by atoms with Gasteiger partial charge in [0.25, 0.3) is 5.91 Å². The Labute approximate surface area is 125 Å². The van der Waals surface area contributed by atoms with Crippen molar-refractivity contribution in [3.8, 4) is 5.75 Å². The molecule has 0 saturated carbocycles. The summed E-state index contributed by atoms with van der Waals surface area (Å²) in [4.78, 5) is 22.5. The maximum atomic E-state index is 13.0. The molecule has 0 fully saturated rings. The van der Waals surface area contributed by atoms with Crippen molar-refractivity contribution in [1.29, 1.82) is 0 Å². The van der Waals surface area contributed by atoms with Gasteiger partial charge in [-0.05, 0) is 30.3 Å². The number of carbonyl (C=O) groups excluding carboxylic acids is 2. The number of para-hydroxylation sites is 1. The third kappa shape index (κ3) is 4.03. The predicted octanol–water partition coefficient (Wildman–Crippen LogP) is 3.31. The van der Waals surface area contributed by atoms with E-state index in [-0.39, 0.29) is 17.9 Å². The minimum absolute atomic E-state index is 0.0422. The fourth-order valence-electron chi connectivity index (χ4n) is 1.64. The van der Waals surface area contributed by atoms with Crippen molar-refractivity contribution in [2.24, 2.45) is 0 Å². The molecule has 0 heterocycles. The molecule has 0 spiro atoms. The van der Waals surface area contributed by atoms with Crippen LogP contribution in [0.1, 0.15) is 10.4 Å². The van der Waals surface area contributed by atoms with Crippen LogP contribution in [0.5, 0.6) is 5.75 Å². The first-order valence-electron chi connectivity index (χ1n) is 6.02. The van der Waals surface area contributed by atoms with Crippen LogP contribution in [0.4, 0.5) is 10.1 Å². The highest BCUT2D eigenvalue weighted by Crippen LogP contribution is 2.21. The molecule has 2 aromatic carbocycles. The second kappa shape index (κ2) is 6.85. The van der Waals surface area contributed by atoms with Crippen molar-refractivity contribution in [1.82, 2.24) is 0 Å². The molecule has 6 heteroatoms. The van der Waals surface area contributed by atoms with Gasteiger partial charge >= 0.3 is 0 Å². The van der Waals surface area contributed by atoms with Crippen LogP contribution in [0.15, 0.2) is 42.5 Å². The van der Waals surface area contributed by atoms with Crippen molar-refractivity contribution < 1.29 is 18.7 Å². The van der Waals surface area contributed by atoms with E-state index in [2.05, 4.69) is 5.32 Å². The van der Waals surface area contributed by atoms with Crippen LogP contribution in [0, 0.1) is 5.82 Å². The summed E-state index contributed by atoms with van der Waals surface area (Å²) in [6.07, 6.45) is 0.463. The van der Waals surface area contributed by atoms with E-state index in [1.165, 1.54) is 6.07 Å². The Kier molecular flexibility index (Phi) is 4.90. The molecular weight excluding hydrogens is 297 g/mol. The number of aldehydes is 1. The van der Waals surface area contributed by atoms with E-state index in [9.17, 15) is 14.0 Å². The zero-order valence-electron chi connectivity index (χ0n) is 10.8. The number of rotatable bonds is 5. The van der Waals surface area contributed by atoms with Crippen LogP contribution in [0.25, 0.3) is 0 Å². The number of benzene rings is 2. The summed E-state index contributed by atoms with van der Waals surface area (Å²) in [6.45, 7) is -0.322. The molecule has 1 N–H and O–H groups in total. The lowest BCUT2D eigenvalue weighted by Crippen LogP contribution is -2.20. The van der Waals surface area contributed by atoms with Gasteiger partial charge in [-0.1, -0.05) is 23.7 Å². The normalized spacial score (nSPS) is 10.0. The fraction of sp³-hybridized carbons (Fsp3) is 0.0667. The van der Waals surface area contributed by atoms with Gasteiger partial charge < -0.3 is 10.1 Å². The molecule has 2 aromatic rings. The average Bonchev–Trinajstić information content (AvgIpc) is 2.48. The van der Waals surface area contributed by atoms with Crippen molar-refractivity contribution in [2.45, 2.75) is 0 Å². The van der Waals surface area contributed by atoms with Crippen LogP contribution < -0.4 is 10.1 Å². The molecule has 108 valence electrons. The highest BCUT2D eigenvalue weighted by molar-refractivity contribution is 6.33. The first kappa shape index (κ1) is 15.0. The summed E-state index contributed by atoms with van der Waals surface area (Å²) in [5, 5.41) is 2.97. The van der Waals surface area contributed by atoms with E-state index in [0.29, 0.717) is 17.0 Å². The highest BCUT2D eigenvalue weighted by atomic mass is 35.5. The van der Waals surface area contributed by atoms with Gasteiger partial charge in [0.2, 0.25) is 0 Å². The summed E-state index contributed by atoms with van der Waals surface area (Å²) < 4.78 is 18.2. The largest absolute Gasteiger partial charge is 0.483 e. The Morgan fingerprint density at radius 2 is 2.05 bits per heavy atom. The number of ether oxygens (including phenoxy) is 1. The van der Waals surface area contributed by atoms with Crippen molar-refractivity contribution in [3.05, 3.63) is 58.9 Å². The quantitative estimate of drug-likeness (QED) is 0.862. The van der Waals surface area contributed by atoms with Crippen molar-refractivity contribution in [2.75, 3.05) is 11.9 Å². The van der Waals surface area contributed by atoms with Crippen molar-refractivity contribution >= 4 is 29.5 Å². The standard InChI is InChI=1S/C15H11ClFNO3/c16-12-3-1-2-4-13(12)18-15(20)9-21-14-6-5-11(17)7-10(14)8-19/h1-8H,9H2,(H,18,20). The van der Waals surface area contributed by atoms with Crippen LogP contribution in [0.2, 0.25) is 5.02 Å². The monoisotopic (exact) mass is 307 g/mol. The minimum atomic E-state index is -0.551. The molecule has 0 aliphatic heterocycles. The van der Waals surface area contributed by atoms with E-state index in [4.69, 9.17) is 16.3 Å². The summed E-state index contributed by atoms with van der Waals surface area (Å²) in [6, 6.07) is 10.2. The zero-order chi connectivity index (χ0) is 15.2. The Morgan fingerprint density at radius 1 is 1.29 bits per heavy atom. The summed E-state index contributed by atoms with van der Waals surface area (Å²) in [5.74, 6) is -0.852. The van der Waals surface area contributed by atoms with Crippen LogP contribution in [-0.2, 0) is 4.79 Å². The number of halogens is 2. The lowest BCUT2D eigenvalue weighted by atomic mass is 10.2. The molecule has 0 radical (unpaired) electrons. The Hall–Kier alpha value is -2.40. The van der Waals surface area contributed by atoms with E-state index in [0.717, 1.165) is 12.1 Å². The molecule has 0 bridgehead atoms. The summed E-state index contributed by atoms with van der Waals surface area (Å²) in [7, 11) is 0. The highest BCUT2D eigenvalue weighted by Gasteiger charge is 2.09. The Morgan fingerprint density at radius 3 is 2.76 bits per heavy atom. The summed E-state index contributed by atoms with van der Waals surface area (Å²) >= 11 is 5.91. The topological polar surface area (TPSA) is 55.4 Å². The predicted molar refractivity (Wildman–Crippen MR) is 77.4 cm³/mol.